The predicted molar refractivity (Wildman–Crippen MR) is 131 cm³/mol. The van der Waals surface area contributed by atoms with Crippen LogP contribution in [0.15, 0.2) is 36.8 Å². The number of nitrogens with zero attached hydrogens (tertiary/aromatic N) is 5. The number of ether oxygens (including phenoxy) is 1. The van der Waals surface area contributed by atoms with E-state index in [0.717, 1.165) is 64.4 Å². The molecule has 1 fully saturated rings. The number of methoxy groups -OCH3 is 1. The van der Waals surface area contributed by atoms with E-state index in [4.69, 9.17) is 14.8 Å². The highest BCUT2D eigenvalue weighted by molar-refractivity contribution is 7.19. The molecule has 4 heterocycles. The maximum Gasteiger partial charge on any atom is 0.227 e. The predicted octanol–water partition coefficient (Wildman–Crippen LogP) is 4.38. The fourth-order valence-corrected chi connectivity index (χ4v) is 5.52. The normalized spacial score (nSPS) is 15.2. The summed E-state index contributed by atoms with van der Waals surface area (Å²) in [5.41, 5.74) is 3.35. The van der Waals surface area contributed by atoms with Crippen molar-refractivity contribution in [1.29, 1.82) is 0 Å². The Morgan fingerprint density at radius 3 is 2.85 bits per heavy atom. The number of anilines is 2. The van der Waals surface area contributed by atoms with E-state index in [-0.39, 0.29) is 12.4 Å². The molecule has 178 valence electrons. The zero-order chi connectivity index (χ0) is 23.7. The number of hydrogen-bond acceptors (Lipinski definition) is 8. The molecule has 5 rings (SSSR count). The number of aryl methyl sites for hydroxylation is 1. The fraction of sp³-hybridized carbons (Fsp3) is 0.375. The molecule has 0 radical (unpaired) electrons. The molecule has 3 aromatic heterocycles. The molecule has 1 saturated heterocycles. The summed E-state index contributed by atoms with van der Waals surface area (Å²) in [6, 6.07) is 4.89. The smallest absolute Gasteiger partial charge is 0.227 e. The van der Waals surface area contributed by atoms with Gasteiger partial charge in [-0.2, -0.15) is 5.10 Å². The lowest BCUT2D eigenvalue weighted by atomic mass is 10.0. The number of likely N-dealkylation sites (tertiary alicyclic amines) is 1. The lowest BCUT2D eigenvalue weighted by Gasteiger charge is -2.31. The van der Waals surface area contributed by atoms with Crippen molar-refractivity contribution in [3.63, 3.8) is 0 Å². The summed E-state index contributed by atoms with van der Waals surface area (Å²) < 4.78 is 22.1. The Bertz CT molecular complexity index is 1300. The molecule has 0 aliphatic carbocycles. The summed E-state index contributed by atoms with van der Waals surface area (Å²) in [5, 5.41) is 17.0. The van der Waals surface area contributed by atoms with Crippen molar-refractivity contribution in [3.8, 4) is 16.9 Å². The molecule has 0 amide bonds. The molecule has 2 N–H and O–H groups in total. The van der Waals surface area contributed by atoms with Crippen LogP contribution in [0, 0.1) is 12.7 Å². The molecular weight excluding hydrogens is 455 g/mol. The van der Waals surface area contributed by atoms with Gasteiger partial charge in [-0.1, -0.05) is 0 Å². The minimum atomic E-state index is -0.342. The average molecular weight is 483 g/mol. The van der Waals surface area contributed by atoms with Gasteiger partial charge in [-0.05, 0) is 31.9 Å². The molecule has 8 nitrogen and oxygen atoms in total. The highest BCUT2D eigenvalue weighted by Crippen LogP contribution is 2.41. The number of fused-ring (bicyclic) bond motifs is 1. The maximum absolute atomic E-state index is 13.8. The third-order valence-corrected chi connectivity index (χ3v) is 7.27. The van der Waals surface area contributed by atoms with E-state index in [1.807, 2.05) is 24.0 Å². The first-order valence-electron chi connectivity index (χ1n) is 11.3. The van der Waals surface area contributed by atoms with E-state index in [1.165, 1.54) is 19.2 Å². The first kappa shape index (κ1) is 22.7. The lowest BCUT2D eigenvalue weighted by Crippen LogP contribution is -2.36. The number of hydrogen-bond donors (Lipinski definition) is 2. The number of aromatic nitrogens is 4. The Morgan fingerprint density at radius 1 is 1.26 bits per heavy atom. The number of rotatable bonds is 7. The molecule has 4 aromatic rings. The molecule has 1 aliphatic rings. The zero-order valence-electron chi connectivity index (χ0n) is 19.2. The zero-order valence-corrected chi connectivity index (χ0v) is 20.0. The standard InChI is InChI=1S/C24H27FN6O2S/c1-15-22(19-4-3-16(25)11-20(19)33-2)23-21(34-15)13-26-24(29-23)28-17-12-27-31(14-17)18-5-7-30(8-6-18)9-10-32/h3-4,11-14,18,32H,5-10H2,1-2H3,(H,26,28,29). The number of β-amino-alcohol motifs (C(OH)–C–C–N with tert-alkyl or cyclic N) is 1. The number of halogens is 1. The van der Waals surface area contributed by atoms with E-state index in [0.29, 0.717) is 17.7 Å². The molecule has 0 bridgehead atoms. The van der Waals surface area contributed by atoms with Crippen molar-refractivity contribution in [3.05, 3.63) is 47.5 Å². The van der Waals surface area contributed by atoms with Crippen LogP contribution in [-0.2, 0) is 0 Å². The van der Waals surface area contributed by atoms with Crippen LogP contribution in [0.25, 0.3) is 21.3 Å². The Kier molecular flexibility index (Phi) is 6.44. The number of aliphatic hydroxyl groups excluding tert-OH is 1. The van der Waals surface area contributed by atoms with Crippen molar-refractivity contribution in [2.75, 3.05) is 38.7 Å². The van der Waals surface area contributed by atoms with Crippen LogP contribution in [0.3, 0.4) is 0 Å². The highest BCUT2D eigenvalue weighted by Gasteiger charge is 2.21. The van der Waals surface area contributed by atoms with Crippen molar-refractivity contribution in [2.24, 2.45) is 0 Å². The maximum atomic E-state index is 13.8. The molecule has 0 atom stereocenters. The summed E-state index contributed by atoms with van der Waals surface area (Å²) in [4.78, 5) is 12.6. The Balaban J connectivity index is 1.39. The van der Waals surface area contributed by atoms with Crippen LogP contribution in [0.2, 0.25) is 0 Å². The molecule has 0 spiro atoms. The topological polar surface area (TPSA) is 88.3 Å². The summed E-state index contributed by atoms with van der Waals surface area (Å²) in [5.74, 6) is 0.609. The van der Waals surface area contributed by atoms with Crippen LogP contribution in [0.4, 0.5) is 16.0 Å². The van der Waals surface area contributed by atoms with Crippen LogP contribution < -0.4 is 10.1 Å². The second-order valence-electron chi connectivity index (χ2n) is 8.41. The van der Waals surface area contributed by atoms with E-state index >= 15 is 0 Å². The molecule has 1 aliphatic heterocycles. The Hall–Kier alpha value is -3.08. The van der Waals surface area contributed by atoms with E-state index < -0.39 is 0 Å². The van der Waals surface area contributed by atoms with Gasteiger partial charge in [0.25, 0.3) is 0 Å². The Labute approximate surface area is 201 Å². The average Bonchev–Trinajstić information content (AvgIpc) is 3.43. The second-order valence-corrected chi connectivity index (χ2v) is 9.67. The van der Waals surface area contributed by atoms with Crippen LogP contribution in [0.5, 0.6) is 5.75 Å². The highest BCUT2D eigenvalue weighted by atomic mass is 32.1. The van der Waals surface area contributed by atoms with Crippen molar-refractivity contribution >= 4 is 33.2 Å². The molecular formula is C24H27FN6O2S. The van der Waals surface area contributed by atoms with Gasteiger partial charge in [-0.3, -0.25) is 4.68 Å². The molecule has 34 heavy (non-hydrogen) atoms. The fourth-order valence-electron chi connectivity index (χ4n) is 4.54. The number of nitrogens with one attached hydrogen (secondary N) is 1. The third-order valence-electron chi connectivity index (χ3n) is 6.25. The van der Waals surface area contributed by atoms with E-state index in [2.05, 4.69) is 20.3 Å². The van der Waals surface area contributed by atoms with Gasteiger partial charge in [-0.25, -0.2) is 14.4 Å². The van der Waals surface area contributed by atoms with Gasteiger partial charge in [0.1, 0.15) is 11.6 Å². The number of thiophene rings is 1. The first-order valence-corrected chi connectivity index (χ1v) is 12.1. The van der Waals surface area contributed by atoms with Gasteiger partial charge in [0.2, 0.25) is 5.95 Å². The second kappa shape index (κ2) is 9.65. The van der Waals surface area contributed by atoms with Crippen molar-refractivity contribution in [1.82, 2.24) is 24.6 Å². The molecule has 0 unspecified atom stereocenters. The SMILES string of the molecule is COc1cc(F)ccc1-c1c(C)sc2cnc(Nc3cnn(C4CCN(CCO)CC4)c3)nc12. The van der Waals surface area contributed by atoms with Crippen molar-refractivity contribution in [2.45, 2.75) is 25.8 Å². The first-order chi connectivity index (χ1) is 16.6. The largest absolute Gasteiger partial charge is 0.496 e. The van der Waals surface area contributed by atoms with E-state index in [9.17, 15) is 4.39 Å². The van der Waals surface area contributed by atoms with E-state index in [1.54, 1.807) is 23.6 Å². The summed E-state index contributed by atoms with van der Waals surface area (Å²) >= 11 is 1.60. The molecule has 1 aromatic carbocycles. The van der Waals surface area contributed by atoms with Crippen molar-refractivity contribution < 1.29 is 14.2 Å². The van der Waals surface area contributed by atoms with Crippen LogP contribution in [-0.4, -0.2) is 63.1 Å². The quantitative estimate of drug-likeness (QED) is 0.404. The summed E-state index contributed by atoms with van der Waals surface area (Å²) in [6.45, 7) is 4.87. The van der Waals surface area contributed by atoms with Crippen LogP contribution in [0.1, 0.15) is 23.8 Å². The number of aliphatic hydroxyl groups is 1. The monoisotopic (exact) mass is 482 g/mol. The number of benzene rings is 1. The summed E-state index contributed by atoms with van der Waals surface area (Å²) in [7, 11) is 1.54. The van der Waals surface area contributed by atoms with Gasteiger partial charge in [0, 0.05) is 47.9 Å². The van der Waals surface area contributed by atoms with Gasteiger partial charge in [0.15, 0.2) is 0 Å². The summed E-state index contributed by atoms with van der Waals surface area (Å²) in [6.07, 6.45) is 7.59. The molecule has 10 heteroatoms. The van der Waals surface area contributed by atoms with Gasteiger partial charge in [-0.15, -0.1) is 11.3 Å². The van der Waals surface area contributed by atoms with Gasteiger partial charge >= 0.3 is 0 Å². The van der Waals surface area contributed by atoms with Crippen LogP contribution >= 0.6 is 11.3 Å². The molecule has 0 saturated carbocycles. The number of piperidine rings is 1. The van der Waals surface area contributed by atoms with Gasteiger partial charge in [0.05, 0.1) is 48.1 Å². The minimum absolute atomic E-state index is 0.199. The third kappa shape index (κ3) is 4.48. The van der Waals surface area contributed by atoms with Gasteiger partial charge < -0.3 is 20.1 Å². The minimum Gasteiger partial charge on any atom is -0.496 e. The lowest BCUT2D eigenvalue weighted by molar-refractivity contribution is 0.146. The Morgan fingerprint density at radius 2 is 2.09 bits per heavy atom.